The first-order valence-electron chi connectivity index (χ1n) is 13.6. The Morgan fingerprint density at radius 3 is 2.66 bits per heavy atom. The van der Waals surface area contributed by atoms with Crippen molar-refractivity contribution in [2.45, 2.75) is 50.5 Å². The fraction of sp³-hybridized carbons (Fsp3) is 0.355. The van der Waals surface area contributed by atoms with Gasteiger partial charge in [0.2, 0.25) is 12.2 Å². The first kappa shape index (κ1) is 24.5. The van der Waals surface area contributed by atoms with Crippen molar-refractivity contribution >= 4 is 23.5 Å². The van der Waals surface area contributed by atoms with Crippen LogP contribution in [0.5, 0.6) is 0 Å². The van der Waals surface area contributed by atoms with Gasteiger partial charge in [0.05, 0.1) is 30.9 Å². The van der Waals surface area contributed by atoms with Crippen LogP contribution in [-0.2, 0) is 22.4 Å². The number of amides is 1. The minimum atomic E-state index is -0.183. The van der Waals surface area contributed by atoms with Gasteiger partial charge >= 0.3 is 0 Å². The fourth-order valence-electron chi connectivity index (χ4n) is 6.07. The van der Waals surface area contributed by atoms with Crippen LogP contribution in [0.2, 0.25) is 0 Å². The first-order valence-corrected chi connectivity index (χ1v) is 13.6. The molecule has 0 aromatic heterocycles. The standard InChI is InChI=1S/C31H35N5O2/c1-3-28(37)35-15-13-25(14-16-35)33-26-12-11-22-17-24(10-9-23(22)18-26)29-30(21-7-5-4-6-8-21)36-20-27(38-2)19-32-31(36)34-29/h3-10,17,19-20,25-26,31,33-34H,1,11-16,18H2,2H3. The van der Waals surface area contributed by atoms with Crippen LogP contribution in [-0.4, -0.2) is 60.5 Å². The van der Waals surface area contributed by atoms with Crippen molar-refractivity contribution in [3.8, 4) is 0 Å². The summed E-state index contributed by atoms with van der Waals surface area (Å²) in [4.78, 5) is 20.6. The van der Waals surface area contributed by atoms with E-state index in [9.17, 15) is 4.79 Å². The molecule has 7 nitrogen and oxygen atoms in total. The van der Waals surface area contributed by atoms with E-state index in [1.807, 2.05) is 17.2 Å². The summed E-state index contributed by atoms with van der Waals surface area (Å²) >= 11 is 0. The summed E-state index contributed by atoms with van der Waals surface area (Å²) in [5, 5.41) is 7.54. The molecule has 0 radical (unpaired) electrons. The molecule has 0 spiro atoms. The topological polar surface area (TPSA) is 69.2 Å². The Labute approximate surface area is 224 Å². The summed E-state index contributed by atoms with van der Waals surface area (Å²) in [5.74, 6) is 0.783. The minimum absolute atomic E-state index is 0.0474. The summed E-state index contributed by atoms with van der Waals surface area (Å²) in [6, 6.07) is 18.3. The van der Waals surface area contributed by atoms with Crippen molar-refractivity contribution < 1.29 is 9.53 Å². The van der Waals surface area contributed by atoms with Crippen molar-refractivity contribution in [3.05, 3.63) is 95.4 Å². The van der Waals surface area contributed by atoms with Crippen LogP contribution in [0.15, 0.2) is 78.1 Å². The smallest absolute Gasteiger partial charge is 0.245 e. The number of aliphatic imine (C=N–C) groups is 1. The maximum atomic E-state index is 11.9. The molecule has 6 rings (SSSR count). The quantitative estimate of drug-likeness (QED) is 0.579. The largest absolute Gasteiger partial charge is 0.494 e. The molecule has 1 amide bonds. The molecule has 1 saturated heterocycles. The highest BCUT2D eigenvalue weighted by molar-refractivity contribution is 5.93. The molecule has 4 aliphatic rings. The summed E-state index contributed by atoms with van der Waals surface area (Å²) in [6.07, 6.45) is 10.3. The molecule has 7 heteroatoms. The van der Waals surface area contributed by atoms with Gasteiger partial charge in [0.1, 0.15) is 0 Å². The molecule has 2 aromatic carbocycles. The maximum Gasteiger partial charge on any atom is 0.245 e. The molecule has 2 aromatic rings. The van der Waals surface area contributed by atoms with Gasteiger partial charge < -0.3 is 25.2 Å². The van der Waals surface area contributed by atoms with Crippen LogP contribution in [0.25, 0.3) is 11.4 Å². The second-order valence-corrected chi connectivity index (χ2v) is 10.4. The molecule has 38 heavy (non-hydrogen) atoms. The van der Waals surface area contributed by atoms with Crippen molar-refractivity contribution in [1.29, 1.82) is 0 Å². The van der Waals surface area contributed by atoms with Gasteiger partial charge in [-0.1, -0.05) is 49.0 Å². The molecule has 2 atom stereocenters. The van der Waals surface area contributed by atoms with Gasteiger partial charge in [0, 0.05) is 36.3 Å². The van der Waals surface area contributed by atoms with Crippen LogP contribution in [0.3, 0.4) is 0 Å². The fourth-order valence-corrected chi connectivity index (χ4v) is 6.07. The predicted molar refractivity (Wildman–Crippen MR) is 151 cm³/mol. The van der Waals surface area contributed by atoms with E-state index in [1.54, 1.807) is 13.3 Å². The minimum Gasteiger partial charge on any atom is -0.494 e. The van der Waals surface area contributed by atoms with Gasteiger partial charge in [-0.2, -0.15) is 0 Å². The number of piperidine rings is 1. The summed E-state index contributed by atoms with van der Waals surface area (Å²) in [5.41, 5.74) is 7.38. The molecular formula is C31H35N5O2. The second-order valence-electron chi connectivity index (χ2n) is 10.4. The molecule has 3 aliphatic heterocycles. The lowest BCUT2D eigenvalue weighted by atomic mass is 9.86. The number of fused-ring (bicyclic) bond motifs is 2. The number of carbonyl (C=O) groups excluding carboxylic acids is 1. The summed E-state index contributed by atoms with van der Waals surface area (Å²) < 4.78 is 5.48. The van der Waals surface area contributed by atoms with E-state index in [0.29, 0.717) is 12.1 Å². The number of hydrogen-bond acceptors (Lipinski definition) is 6. The molecule has 196 valence electrons. The van der Waals surface area contributed by atoms with Crippen molar-refractivity contribution in [3.63, 3.8) is 0 Å². The number of hydrogen-bond donors (Lipinski definition) is 2. The molecule has 2 N–H and O–H groups in total. The predicted octanol–water partition coefficient (Wildman–Crippen LogP) is 3.90. The number of allylic oxidation sites excluding steroid dienone is 1. The number of ether oxygens (including phenoxy) is 1. The Kier molecular flexibility index (Phi) is 6.77. The van der Waals surface area contributed by atoms with Gasteiger partial charge in [-0.05, 0) is 55.4 Å². The Morgan fingerprint density at radius 2 is 1.89 bits per heavy atom. The van der Waals surface area contributed by atoms with E-state index < -0.39 is 0 Å². The van der Waals surface area contributed by atoms with E-state index in [4.69, 9.17) is 4.74 Å². The van der Waals surface area contributed by atoms with Crippen molar-refractivity contribution in [1.82, 2.24) is 20.4 Å². The van der Waals surface area contributed by atoms with Crippen molar-refractivity contribution in [2.75, 3.05) is 20.2 Å². The molecule has 3 heterocycles. The van der Waals surface area contributed by atoms with E-state index in [2.05, 4.69) is 69.6 Å². The summed E-state index contributed by atoms with van der Waals surface area (Å²) in [7, 11) is 1.67. The first-order chi connectivity index (χ1) is 18.6. The van der Waals surface area contributed by atoms with E-state index in [1.165, 1.54) is 22.8 Å². The van der Waals surface area contributed by atoms with Crippen LogP contribution in [0, 0.1) is 0 Å². The number of likely N-dealkylation sites (tertiary alicyclic amines) is 1. The van der Waals surface area contributed by atoms with Crippen molar-refractivity contribution in [2.24, 2.45) is 4.99 Å². The lowest BCUT2D eigenvalue weighted by Crippen LogP contribution is -2.48. The van der Waals surface area contributed by atoms with Gasteiger partial charge in [-0.15, -0.1) is 0 Å². The molecular weight excluding hydrogens is 474 g/mol. The van der Waals surface area contributed by atoms with Crippen LogP contribution >= 0.6 is 0 Å². The average Bonchev–Trinajstić information content (AvgIpc) is 3.36. The number of nitrogens with one attached hydrogen (secondary N) is 2. The number of rotatable bonds is 6. The Bertz CT molecular complexity index is 1310. The molecule has 1 fully saturated rings. The highest BCUT2D eigenvalue weighted by atomic mass is 16.5. The van der Waals surface area contributed by atoms with Crippen LogP contribution in [0.4, 0.5) is 0 Å². The highest BCUT2D eigenvalue weighted by Crippen LogP contribution is 2.38. The third kappa shape index (κ3) is 4.74. The Morgan fingerprint density at radius 1 is 1.08 bits per heavy atom. The van der Waals surface area contributed by atoms with Gasteiger partial charge in [0.25, 0.3) is 0 Å². The lowest BCUT2D eigenvalue weighted by Gasteiger charge is -2.35. The van der Waals surface area contributed by atoms with Crippen LogP contribution in [0.1, 0.15) is 41.5 Å². The van der Waals surface area contributed by atoms with Gasteiger partial charge in [0.15, 0.2) is 5.76 Å². The number of aryl methyl sites for hydroxylation is 1. The molecule has 0 saturated carbocycles. The number of methoxy groups -OCH3 is 1. The third-order valence-corrected chi connectivity index (χ3v) is 8.10. The number of carbonyl (C=O) groups is 1. The van der Waals surface area contributed by atoms with Gasteiger partial charge in [-0.3, -0.25) is 4.79 Å². The molecule has 0 bridgehead atoms. The number of nitrogens with zero attached hydrogens (tertiary/aromatic N) is 3. The molecule has 2 unspecified atom stereocenters. The zero-order chi connectivity index (χ0) is 26.1. The van der Waals surface area contributed by atoms with E-state index in [0.717, 1.165) is 67.9 Å². The Hall–Kier alpha value is -3.84. The normalized spacial score (nSPS) is 22.9. The average molecular weight is 510 g/mol. The zero-order valence-corrected chi connectivity index (χ0v) is 21.9. The van der Waals surface area contributed by atoms with E-state index in [-0.39, 0.29) is 12.2 Å². The maximum absolute atomic E-state index is 11.9. The highest BCUT2D eigenvalue weighted by Gasteiger charge is 2.34. The molecule has 1 aliphatic carbocycles. The SMILES string of the molecule is C=CC(=O)N1CCC(NC2CCc3cc(C4=C(c5ccccc5)N5C=C(OC)C=NC5N4)ccc3C2)CC1. The van der Waals surface area contributed by atoms with E-state index >= 15 is 0 Å². The monoisotopic (exact) mass is 509 g/mol. The van der Waals surface area contributed by atoms with Gasteiger partial charge in [-0.25, -0.2) is 4.99 Å². The number of benzene rings is 2. The zero-order valence-electron chi connectivity index (χ0n) is 21.9. The second kappa shape index (κ2) is 10.5. The lowest BCUT2D eigenvalue weighted by molar-refractivity contribution is -0.127. The summed E-state index contributed by atoms with van der Waals surface area (Å²) in [6.45, 7) is 5.24. The van der Waals surface area contributed by atoms with Crippen LogP contribution < -0.4 is 10.6 Å². The third-order valence-electron chi connectivity index (χ3n) is 8.10. The Balaban J connectivity index is 1.20.